The highest BCUT2D eigenvalue weighted by Gasteiger charge is 2.21. The zero-order chi connectivity index (χ0) is 16.3. The Labute approximate surface area is 128 Å². The van der Waals surface area contributed by atoms with E-state index < -0.39 is 11.0 Å². The van der Waals surface area contributed by atoms with Crippen molar-refractivity contribution >= 4 is 5.82 Å². The van der Waals surface area contributed by atoms with Gasteiger partial charge in [0.25, 0.3) is 0 Å². The van der Waals surface area contributed by atoms with E-state index in [2.05, 4.69) is 4.98 Å². The van der Waals surface area contributed by atoms with E-state index in [0.29, 0.717) is 11.6 Å². The van der Waals surface area contributed by atoms with Gasteiger partial charge in [-0.3, -0.25) is 0 Å². The second kappa shape index (κ2) is 6.57. The third-order valence-electron chi connectivity index (χ3n) is 3.39. The number of rotatable bonds is 6. The number of aromatic nitrogens is 2. The molecule has 0 aliphatic carbocycles. The molecule has 0 fully saturated rings. The third-order valence-corrected chi connectivity index (χ3v) is 3.39. The maximum atomic E-state index is 10.9. The molecule has 0 aliphatic rings. The van der Waals surface area contributed by atoms with Crippen molar-refractivity contribution in [2.24, 2.45) is 0 Å². The van der Waals surface area contributed by atoms with E-state index in [-0.39, 0.29) is 19.0 Å². The average Bonchev–Trinajstić information content (AvgIpc) is 2.81. The summed E-state index contributed by atoms with van der Waals surface area (Å²) in [5.41, 5.74) is 2.04. The minimum atomic E-state index is -0.869. The second-order valence-electron chi connectivity index (χ2n) is 5.27. The maximum absolute atomic E-state index is 10.9. The van der Waals surface area contributed by atoms with Gasteiger partial charge in [-0.2, -0.15) is 0 Å². The number of imidazole rings is 1. The Balaban J connectivity index is 2.02. The van der Waals surface area contributed by atoms with Crippen LogP contribution in [-0.2, 0) is 6.54 Å². The van der Waals surface area contributed by atoms with Gasteiger partial charge in [0.2, 0.25) is 0 Å². The van der Waals surface area contributed by atoms with Gasteiger partial charge in [0, 0.05) is 6.92 Å². The fourth-order valence-electron chi connectivity index (χ4n) is 2.14. The van der Waals surface area contributed by atoms with Crippen LogP contribution >= 0.6 is 0 Å². The van der Waals surface area contributed by atoms with E-state index in [4.69, 9.17) is 4.74 Å². The molecule has 2 aromatic rings. The molecule has 1 N–H and O–H groups in total. The smallest absolute Gasteiger partial charge is 0.342 e. The van der Waals surface area contributed by atoms with Crippen molar-refractivity contribution in [2.45, 2.75) is 33.4 Å². The van der Waals surface area contributed by atoms with Gasteiger partial charge >= 0.3 is 5.82 Å². The van der Waals surface area contributed by atoms with E-state index >= 15 is 0 Å². The molecule has 0 aliphatic heterocycles. The Morgan fingerprint density at radius 2 is 2.14 bits per heavy atom. The van der Waals surface area contributed by atoms with Crippen LogP contribution in [0.5, 0.6) is 5.75 Å². The van der Waals surface area contributed by atoms with Crippen LogP contribution in [0.25, 0.3) is 0 Å². The van der Waals surface area contributed by atoms with Crippen molar-refractivity contribution in [3.8, 4) is 5.75 Å². The number of nitro groups is 1. The summed E-state index contributed by atoms with van der Waals surface area (Å²) in [6, 6.07) is 5.83. The number of aryl methyl sites for hydroxylation is 3. The minimum Gasteiger partial charge on any atom is -0.490 e. The molecule has 1 aromatic carbocycles. The molecule has 7 heteroatoms. The maximum Gasteiger partial charge on any atom is 0.342 e. The highest BCUT2D eigenvalue weighted by molar-refractivity contribution is 5.35. The van der Waals surface area contributed by atoms with Crippen LogP contribution in [0.4, 0.5) is 5.82 Å². The molecule has 0 radical (unpaired) electrons. The average molecular weight is 305 g/mol. The summed E-state index contributed by atoms with van der Waals surface area (Å²) in [4.78, 5) is 14.3. The Hall–Kier alpha value is -2.41. The molecule has 2 rings (SSSR count). The minimum absolute atomic E-state index is 0.0546. The summed E-state index contributed by atoms with van der Waals surface area (Å²) in [5, 5.41) is 21.0. The molecule has 1 unspecified atom stereocenters. The first-order valence-corrected chi connectivity index (χ1v) is 6.93. The predicted molar refractivity (Wildman–Crippen MR) is 81.0 cm³/mol. The molecule has 0 saturated heterocycles. The Morgan fingerprint density at radius 1 is 1.41 bits per heavy atom. The zero-order valence-electron chi connectivity index (χ0n) is 12.8. The van der Waals surface area contributed by atoms with E-state index in [0.717, 1.165) is 11.1 Å². The van der Waals surface area contributed by atoms with Gasteiger partial charge in [-0.25, -0.2) is 9.55 Å². The van der Waals surface area contributed by atoms with Crippen LogP contribution in [0.15, 0.2) is 24.4 Å². The van der Waals surface area contributed by atoms with Gasteiger partial charge in [0.15, 0.2) is 5.82 Å². The molecule has 0 saturated carbocycles. The van der Waals surface area contributed by atoms with E-state index in [9.17, 15) is 15.2 Å². The van der Waals surface area contributed by atoms with Crippen molar-refractivity contribution < 1.29 is 14.8 Å². The fourth-order valence-corrected chi connectivity index (χ4v) is 2.14. The molecule has 0 bridgehead atoms. The largest absolute Gasteiger partial charge is 0.490 e. The van der Waals surface area contributed by atoms with Gasteiger partial charge in [0.1, 0.15) is 31.2 Å². The highest BCUT2D eigenvalue weighted by Crippen LogP contribution is 2.20. The number of hydrogen-bond acceptors (Lipinski definition) is 5. The van der Waals surface area contributed by atoms with Gasteiger partial charge < -0.3 is 20.0 Å². The van der Waals surface area contributed by atoms with Crippen LogP contribution in [0.2, 0.25) is 0 Å². The lowest BCUT2D eigenvalue weighted by Crippen LogP contribution is -2.25. The summed E-state index contributed by atoms with van der Waals surface area (Å²) in [7, 11) is 0. The van der Waals surface area contributed by atoms with Crippen molar-refractivity contribution in [1.82, 2.24) is 9.55 Å². The lowest BCUT2D eigenvalue weighted by Gasteiger charge is -2.14. The normalized spacial score (nSPS) is 12.2. The van der Waals surface area contributed by atoms with E-state index in [1.807, 2.05) is 32.0 Å². The fraction of sp³-hybridized carbons (Fsp3) is 0.400. The molecule has 1 aromatic heterocycles. The molecule has 22 heavy (non-hydrogen) atoms. The monoisotopic (exact) mass is 305 g/mol. The highest BCUT2D eigenvalue weighted by atomic mass is 16.6. The summed E-state index contributed by atoms with van der Waals surface area (Å²) >= 11 is 0. The second-order valence-corrected chi connectivity index (χ2v) is 5.27. The molecule has 118 valence electrons. The summed E-state index contributed by atoms with van der Waals surface area (Å²) in [5.74, 6) is 1.05. The number of aliphatic hydroxyl groups excluding tert-OH is 1. The lowest BCUT2D eigenvalue weighted by molar-refractivity contribution is -0.392. The summed E-state index contributed by atoms with van der Waals surface area (Å²) < 4.78 is 6.99. The summed E-state index contributed by atoms with van der Waals surface area (Å²) in [6.07, 6.45) is 0.319. The quantitative estimate of drug-likeness (QED) is 0.652. The standard InChI is InChI=1S/C15H19N3O4/c1-10-4-5-11(2)14(6-10)22-9-13(19)8-17-12(3)16-7-15(17)18(20)21/h4-7,13,19H,8-9H2,1-3H3. The Morgan fingerprint density at radius 3 is 2.82 bits per heavy atom. The van der Waals surface area contributed by atoms with Crippen molar-refractivity contribution in [3.63, 3.8) is 0 Å². The molecule has 1 atom stereocenters. The molecular weight excluding hydrogens is 286 g/mol. The number of nitrogens with zero attached hydrogens (tertiary/aromatic N) is 3. The molecule has 0 amide bonds. The van der Waals surface area contributed by atoms with E-state index in [1.165, 1.54) is 10.8 Å². The van der Waals surface area contributed by atoms with Crippen LogP contribution in [0.1, 0.15) is 17.0 Å². The van der Waals surface area contributed by atoms with Gasteiger partial charge in [-0.15, -0.1) is 0 Å². The molecule has 1 heterocycles. The van der Waals surface area contributed by atoms with Crippen molar-refractivity contribution in [3.05, 3.63) is 51.5 Å². The van der Waals surface area contributed by atoms with Gasteiger partial charge in [-0.1, -0.05) is 12.1 Å². The molecule has 0 spiro atoms. The lowest BCUT2D eigenvalue weighted by atomic mass is 10.1. The SMILES string of the molecule is Cc1ccc(C)c(OCC(O)Cn2c([N+](=O)[O-])cnc2C)c1. The van der Waals surface area contributed by atoms with Crippen LogP contribution in [0, 0.1) is 30.9 Å². The van der Waals surface area contributed by atoms with Crippen LogP contribution in [-0.4, -0.2) is 32.3 Å². The number of aliphatic hydroxyl groups is 1. The van der Waals surface area contributed by atoms with Crippen LogP contribution in [0.3, 0.4) is 0 Å². The number of hydrogen-bond donors (Lipinski definition) is 1. The topological polar surface area (TPSA) is 90.4 Å². The molecule has 7 nitrogen and oxygen atoms in total. The van der Waals surface area contributed by atoms with Gasteiger partial charge in [0.05, 0.1) is 0 Å². The van der Waals surface area contributed by atoms with Crippen LogP contribution < -0.4 is 4.74 Å². The van der Waals surface area contributed by atoms with Gasteiger partial charge in [-0.05, 0) is 36.0 Å². The summed E-state index contributed by atoms with van der Waals surface area (Å²) in [6.45, 7) is 5.66. The first-order chi connectivity index (χ1) is 10.4. The molecular formula is C15H19N3O4. The predicted octanol–water partition coefficient (Wildman–Crippen LogP) is 2.16. The van der Waals surface area contributed by atoms with E-state index in [1.54, 1.807) is 6.92 Å². The van der Waals surface area contributed by atoms with Crippen molar-refractivity contribution in [2.75, 3.05) is 6.61 Å². The Bertz CT molecular complexity index is 681. The van der Waals surface area contributed by atoms with Crippen molar-refractivity contribution in [1.29, 1.82) is 0 Å². The zero-order valence-corrected chi connectivity index (χ0v) is 12.8. The first-order valence-electron chi connectivity index (χ1n) is 6.93. The first kappa shape index (κ1) is 16.0. The third kappa shape index (κ3) is 3.62. The Kier molecular flexibility index (Phi) is 4.77. The number of benzene rings is 1. The number of ether oxygens (including phenoxy) is 1.